The van der Waals surface area contributed by atoms with E-state index in [2.05, 4.69) is 4.90 Å². The van der Waals surface area contributed by atoms with Gasteiger partial charge in [-0.1, -0.05) is 53.7 Å². The molecule has 2 aromatic carbocycles. The van der Waals surface area contributed by atoms with Crippen LogP contribution in [0.1, 0.15) is 93.2 Å². The molecule has 238 valence electrons. The lowest BCUT2D eigenvalue weighted by molar-refractivity contribution is -0.140. The highest BCUT2D eigenvalue weighted by Crippen LogP contribution is 2.44. The lowest BCUT2D eigenvalue weighted by Gasteiger charge is -2.30. The van der Waals surface area contributed by atoms with Gasteiger partial charge in [0.25, 0.3) is 0 Å². The van der Waals surface area contributed by atoms with Gasteiger partial charge in [-0.3, -0.25) is 14.5 Å². The summed E-state index contributed by atoms with van der Waals surface area (Å²) >= 11 is 0. The smallest absolute Gasteiger partial charge is 0.306 e. The second-order valence-corrected chi connectivity index (χ2v) is 13.5. The van der Waals surface area contributed by atoms with Crippen molar-refractivity contribution in [3.63, 3.8) is 0 Å². The molecule has 1 aliphatic heterocycles. The number of fused-ring (bicyclic) bond motifs is 1. The number of nitrogens with zero attached hydrogens (tertiary/aromatic N) is 1. The minimum Gasteiger partial charge on any atom is -0.507 e. The molecule has 1 unspecified atom stereocenters. The van der Waals surface area contributed by atoms with Gasteiger partial charge in [-0.05, 0) is 57.2 Å². The number of esters is 1. The van der Waals surface area contributed by atoms with Crippen LogP contribution in [0.2, 0.25) is 0 Å². The maximum Gasteiger partial charge on any atom is 0.306 e. The minimum absolute atomic E-state index is 0.00729. The van der Waals surface area contributed by atoms with Crippen LogP contribution in [0.25, 0.3) is 0 Å². The second kappa shape index (κ2) is 12.6. The molecule has 9 nitrogen and oxygen atoms in total. The molecule has 0 aliphatic carbocycles. The third-order valence-electron chi connectivity index (χ3n) is 8.24. The van der Waals surface area contributed by atoms with Gasteiger partial charge in [0.05, 0.1) is 40.2 Å². The molecule has 2 N–H and O–H groups in total. The van der Waals surface area contributed by atoms with Gasteiger partial charge in [0.15, 0.2) is 17.3 Å². The summed E-state index contributed by atoms with van der Waals surface area (Å²) in [6, 6.07) is 8.92. The Hall–Kier alpha value is -3.98. The Morgan fingerprint density at radius 2 is 1.45 bits per heavy atom. The summed E-state index contributed by atoms with van der Waals surface area (Å²) in [5, 5.41) is 22.3. The van der Waals surface area contributed by atoms with E-state index in [1.165, 1.54) is 18.7 Å². The fourth-order valence-electron chi connectivity index (χ4n) is 5.78. The van der Waals surface area contributed by atoms with E-state index in [1.807, 2.05) is 65.8 Å². The fraction of sp³-hybridized carbons (Fsp3) is 0.486. The van der Waals surface area contributed by atoms with Crippen molar-refractivity contribution in [1.82, 2.24) is 4.90 Å². The van der Waals surface area contributed by atoms with Crippen molar-refractivity contribution in [3.05, 3.63) is 79.9 Å². The SMILES string of the molecule is COC(=O)CC(c1cc(C(C)(C)C)c(O)c(C(C)(C)C)c1)c1oc(CN2CCc3cc(OC)c(OC)cc3C2)cc(=O)c1O. The zero-order chi connectivity index (χ0) is 32.6. The Labute approximate surface area is 259 Å². The summed E-state index contributed by atoms with van der Waals surface area (Å²) in [6.45, 7) is 13.6. The lowest BCUT2D eigenvalue weighted by atomic mass is 9.76. The number of methoxy groups -OCH3 is 3. The van der Waals surface area contributed by atoms with Gasteiger partial charge in [0.1, 0.15) is 11.5 Å². The number of rotatable bonds is 8. The highest BCUT2D eigenvalue weighted by Gasteiger charge is 2.32. The number of ether oxygens (including phenoxy) is 3. The largest absolute Gasteiger partial charge is 0.507 e. The minimum atomic E-state index is -0.836. The molecule has 0 spiro atoms. The zero-order valence-electron chi connectivity index (χ0n) is 27.3. The average molecular weight is 608 g/mol. The third kappa shape index (κ3) is 6.88. The quantitative estimate of drug-likeness (QED) is 0.301. The molecule has 0 saturated heterocycles. The van der Waals surface area contributed by atoms with Crippen LogP contribution in [0, 0.1) is 0 Å². The Balaban J connectivity index is 1.79. The van der Waals surface area contributed by atoms with Crippen molar-refractivity contribution in [2.24, 2.45) is 0 Å². The molecule has 0 fully saturated rings. The van der Waals surface area contributed by atoms with E-state index in [4.69, 9.17) is 18.6 Å². The Morgan fingerprint density at radius 1 is 0.886 bits per heavy atom. The number of hydrogen-bond acceptors (Lipinski definition) is 9. The molecule has 0 bridgehead atoms. The van der Waals surface area contributed by atoms with Crippen LogP contribution in [0.3, 0.4) is 0 Å². The second-order valence-electron chi connectivity index (χ2n) is 13.5. The number of carbonyl (C=O) groups excluding carboxylic acids is 1. The molecular weight excluding hydrogens is 562 g/mol. The summed E-state index contributed by atoms with van der Waals surface area (Å²) in [5.74, 6) is -0.0337. The summed E-state index contributed by atoms with van der Waals surface area (Å²) in [6.07, 6.45) is 0.599. The van der Waals surface area contributed by atoms with Crippen LogP contribution in [-0.2, 0) is 39.9 Å². The standard InChI is InChI=1S/C35H45NO8/c1-34(2,3)25-12-21(13-26(31(25)39)35(4,5)6)24(17-30(38)43-9)33-32(40)27(37)16-23(44-33)19-36-11-10-20-14-28(41-7)29(42-8)15-22(20)18-36/h12-16,24,39-40H,10-11,17-19H2,1-9H3. The van der Waals surface area contributed by atoms with Crippen molar-refractivity contribution in [2.75, 3.05) is 27.9 Å². The van der Waals surface area contributed by atoms with Crippen LogP contribution < -0.4 is 14.9 Å². The Bertz CT molecular complexity index is 1560. The normalized spacial score (nSPS) is 14.6. The van der Waals surface area contributed by atoms with Crippen LogP contribution in [0.4, 0.5) is 0 Å². The van der Waals surface area contributed by atoms with E-state index in [0.29, 0.717) is 47.0 Å². The first-order chi connectivity index (χ1) is 20.6. The van der Waals surface area contributed by atoms with Gasteiger partial charge in [-0.15, -0.1) is 0 Å². The maximum absolute atomic E-state index is 13.1. The number of benzene rings is 2. The van der Waals surface area contributed by atoms with Crippen molar-refractivity contribution in [2.45, 2.75) is 84.2 Å². The van der Waals surface area contributed by atoms with E-state index < -0.39 is 33.9 Å². The Kier molecular flexibility index (Phi) is 9.40. The van der Waals surface area contributed by atoms with Gasteiger partial charge >= 0.3 is 5.97 Å². The van der Waals surface area contributed by atoms with Gasteiger partial charge < -0.3 is 28.8 Å². The van der Waals surface area contributed by atoms with Gasteiger partial charge in [0, 0.05) is 19.2 Å². The molecule has 1 aromatic heterocycles. The average Bonchev–Trinajstić information content (AvgIpc) is 2.95. The monoisotopic (exact) mass is 607 g/mol. The van der Waals surface area contributed by atoms with E-state index in [9.17, 15) is 19.8 Å². The predicted octanol–water partition coefficient (Wildman–Crippen LogP) is 5.92. The molecule has 9 heteroatoms. The van der Waals surface area contributed by atoms with E-state index in [0.717, 1.165) is 18.5 Å². The fourth-order valence-corrected chi connectivity index (χ4v) is 5.78. The molecule has 3 aromatic rings. The van der Waals surface area contributed by atoms with Crippen LogP contribution in [-0.4, -0.2) is 49.0 Å². The first kappa shape index (κ1) is 32.9. The van der Waals surface area contributed by atoms with Crippen LogP contribution >= 0.6 is 0 Å². The number of aromatic hydroxyl groups is 2. The van der Waals surface area contributed by atoms with E-state index in [1.54, 1.807) is 14.2 Å². The number of phenols is 1. The van der Waals surface area contributed by atoms with Crippen molar-refractivity contribution >= 4 is 5.97 Å². The van der Waals surface area contributed by atoms with E-state index in [-0.39, 0.29) is 17.9 Å². The van der Waals surface area contributed by atoms with Crippen molar-refractivity contribution in [1.29, 1.82) is 0 Å². The molecule has 44 heavy (non-hydrogen) atoms. The summed E-state index contributed by atoms with van der Waals surface area (Å²) in [5.41, 5.74) is 2.81. The molecule has 1 aliphatic rings. The summed E-state index contributed by atoms with van der Waals surface area (Å²) in [7, 11) is 4.51. The Morgan fingerprint density at radius 3 is 1.98 bits per heavy atom. The zero-order valence-corrected chi connectivity index (χ0v) is 27.3. The van der Waals surface area contributed by atoms with Crippen LogP contribution in [0.15, 0.2) is 39.5 Å². The van der Waals surface area contributed by atoms with E-state index >= 15 is 0 Å². The topological polar surface area (TPSA) is 119 Å². The molecule has 0 saturated carbocycles. The molecule has 0 radical (unpaired) electrons. The maximum atomic E-state index is 13.1. The molecule has 1 atom stereocenters. The number of carbonyl (C=O) groups is 1. The molecular formula is C35H45NO8. The van der Waals surface area contributed by atoms with Gasteiger partial charge in [-0.2, -0.15) is 0 Å². The summed E-state index contributed by atoms with van der Waals surface area (Å²) < 4.78 is 22.3. The predicted molar refractivity (Wildman–Crippen MR) is 168 cm³/mol. The van der Waals surface area contributed by atoms with Crippen molar-refractivity contribution in [3.8, 4) is 23.0 Å². The summed E-state index contributed by atoms with van der Waals surface area (Å²) in [4.78, 5) is 28.0. The molecule has 0 amide bonds. The van der Waals surface area contributed by atoms with Crippen molar-refractivity contribution < 1.29 is 33.6 Å². The van der Waals surface area contributed by atoms with Gasteiger partial charge in [-0.25, -0.2) is 0 Å². The lowest BCUT2D eigenvalue weighted by Crippen LogP contribution is -2.30. The highest BCUT2D eigenvalue weighted by atomic mass is 16.5. The highest BCUT2D eigenvalue weighted by molar-refractivity contribution is 5.71. The third-order valence-corrected chi connectivity index (χ3v) is 8.24. The number of phenolic OH excluding ortho intramolecular Hbond substituents is 1. The molecule has 2 heterocycles. The first-order valence-corrected chi connectivity index (χ1v) is 14.8. The van der Waals surface area contributed by atoms with Gasteiger partial charge in [0.2, 0.25) is 11.2 Å². The van der Waals surface area contributed by atoms with Crippen LogP contribution in [0.5, 0.6) is 23.0 Å². The molecule has 4 rings (SSSR count). The first-order valence-electron chi connectivity index (χ1n) is 14.8. The number of hydrogen-bond donors (Lipinski definition) is 2.